The van der Waals surface area contributed by atoms with Crippen molar-refractivity contribution in [1.82, 2.24) is 20.0 Å². The lowest BCUT2D eigenvalue weighted by Gasteiger charge is -2.30. The van der Waals surface area contributed by atoms with Gasteiger partial charge in [0, 0.05) is 25.8 Å². The summed E-state index contributed by atoms with van der Waals surface area (Å²) in [6.45, 7) is 8.46. The smallest absolute Gasteiger partial charge is 0.254 e. The Labute approximate surface area is 121 Å². The molecule has 1 aromatic rings. The van der Waals surface area contributed by atoms with Crippen LogP contribution in [0.1, 0.15) is 42.2 Å². The van der Waals surface area contributed by atoms with Crippen LogP contribution in [0.3, 0.4) is 0 Å². The fraction of sp³-hybridized carbons (Fsp3) is 0.733. The van der Waals surface area contributed by atoms with Gasteiger partial charge in [0.1, 0.15) is 0 Å². The molecule has 0 aromatic carbocycles. The molecule has 2 heterocycles. The van der Waals surface area contributed by atoms with Crippen molar-refractivity contribution in [3.05, 3.63) is 17.5 Å². The first-order chi connectivity index (χ1) is 9.58. The average Bonchev–Trinajstić information content (AvgIpc) is 2.75. The number of hydrogen-bond acceptors (Lipinski definition) is 3. The highest BCUT2D eigenvalue weighted by atomic mass is 16.1. The van der Waals surface area contributed by atoms with Crippen molar-refractivity contribution in [2.24, 2.45) is 13.0 Å². The number of rotatable bonds is 5. The van der Waals surface area contributed by atoms with E-state index in [1.807, 2.05) is 14.0 Å². The van der Waals surface area contributed by atoms with Crippen LogP contribution in [0.25, 0.3) is 0 Å². The van der Waals surface area contributed by atoms with E-state index in [1.165, 1.54) is 25.9 Å². The van der Waals surface area contributed by atoms with Gasteiger partial charge in [-0.05, 0) is 45.2 Å². The lowest BCUT2D eigenvalue weighted by Crippen LogP contribution is -2.36. The quantitative estimate of drug-likeness (QED) is 0.832. The minimum atomic E-state index is -0.0115. The molecule has 1 aliphatic heterocycles. The normalized spacial score (nSPS) is 20.1. The third kappa shape index (κ3) is 3.82. The Balaban J connectivity index is 1.68. The summed E-state index contributed by atoms with van der Waals surface area (Å²) in [5, 5.41) is 7.08. The first kappa shape index (κ1) is 15.0. The number of likely N-dealkylation sites (tertiary alicyclic amines) is 1. The predicted molar refractivity (Wildman–Crippen MR) is 79.7 cm³/mol. The van der Waals surface area contributed by atoms with E-state index >= 15 is 0 Å². The highest BCUT2D eigenvalue weighted by molar-refractivity contribution is 5.94. The molecule has 5 heteroatoms. The molecule has 1 aliphatic rings. The van der Waals surface area contributed by atoms with E-state index in [2.05, 4.69) is 22.2 Å². The van der Waals surface area contributed by atoms with Gasteiger partial charge in [0.05, 0.1) is 11.8 Å². The van der Waals surface area contributed by atoms with E-state index in [9.17, 15) is 4.79 Å². The molecular formula is C15H26N4O. The van der Waals surface area contributed by atoms with Crippen molar-refractivity contribution in [3.63, 3.8) is 0 Å². The van der Waals surface area contributed by atoms with E-state index in [1.54, 1.807) is 10.9 Å². The number of hydrogen-bond donors (Lipinski definition) is 1. The summed E-state index contributed by atoms with van der Waals surface area (Å²) in [4.78, 5) is 14.5. The Hall–Kier alpha value is -1.36. The second kappa shape index (κ2) is 6.88. The lowest BCUT2D eigenvalue weighted by molar-refractivity contribution is 0.0949. The Bertz CT molecular complexity index is 455. The molecule has 0 spiro atoms. The van der Waals surface area contributed by atoms with Crippen LogP contribution in [0.15, 0.2) is 6.20 Å². The van der Waals surface area contributed by atoms with Gasteiger partial charge in [-0.1, -0.05) is 6.92 Å². The number of carbonyl (C=O) groups excluding carboxylic acids is 1. The summed E-state index contributed by atoms with van der Waals surface area (Å²) in [6.07, 6.45) is 5.31. The molecule has 5 nitrogen and oxygen atoms in total. The Morgan fingerprint density at radius 2 is 2.35 bits per heavy atom. The number of carbonyl (C=O) groups is 1. The predicted octanol–water partition coefficient (Wildman–Crippen LogP) is 1.58. The first-order valence-electron chi connectivity index (χ1n) is 7.57. The zero-order valence-corrected chi connectivity index (χ0v) is 12.9. The summed E-state index contributed by atoms with van der Waals surface area (Å²) in [5.41, 5.74) is 1.59. The van der Waals surface area contributed by atoms with Crippen molar-refractivity contribution in [2.45, 2.75) is 33.1 Å². The van der Waals surface area contributed by atoms with Crippen molar-refractivity contribution in [3.8, 4) is 0 Å². The first-order valence-corrected chi connectivity index (χ1v) is 7.57. The van der Waals surface area contributed by atoms with E-state index in [0.717, 1.165) is 31.1 Å². The number of aryl methyl sites for hydroxylation is 1. The largest absolute Gasteiger partial charge is 0.352 e. The molecule has 20 heavy (non-hydrogen) atoms. The molecule has 112 valence electrons. The van der Waals surface area contributed by atoms with Crippen molar-refractivity contribution in [2.75, 3.05) is 26.2 Å². The maximum atomic E-state index is 12.0. The molecule has 0 saturated carbocycles. The van der Waals surface area contributed by atoms with Crippen LogP contribution in [-0.2, 0) is 7.05 Å². The summed E-state index contributed by atoms with van der Waals surface area (Å²) in [7, 11) is 1.85. The zero-order chi connectivity index (χ0) is 14.5. The Morgan fingerprint density at radius 1 is 1.55 bits per heavy atom. The fourth-order valence-corrected chi connectivity index (χ4v) is 2.81. The molecule has 1 N–H and O–H groups in total. The fourth-order valence-electron chi connectivity index (χ4n) is 2.81. The van der Waals surface area contributed by atoms with Gasteiger partial charge in [0.2, 0.25) is 0 Å². The second-order valence-corrected chi connectivity index (χ2v) is 5.92. The highest BCUT2D eigenvalue weighted by Crippen LogP contribution is 2.15. The summed E-state index contributed by atoms with van der Waals surface area (Å²) in [6, 6.07) is 0. The molecule has 1 aromatic heterocycles. The van der Waals surface area contributed by atoms with Gasteiger partial charge in [0.25, 0.3) is 5.91 Å². The van der Waals surface area contributed by atoms with Crippen LogP contribution in [0.4, 0.5) is 0 Å². The minimum Gasteiger partial charge on any atom is -0.352 e. The van der Waals surface area contributed by atoms with Crippen LogP contribution in [0, 0.1) is 12.8 Å². The Morgan fingerprint density at radius 3 is 3.00 bits per heavy atom. The summed E-state index contributed by atoms with van der Waals surface area (Å²) in [5.74, 6) is 0.805. The van der Waals surface area contributed by atoms with E-state index in [0.29, 0.717) is 5.56 Å². The molecule has 1 fully saturated rings. The number of piperidine rings is 1. The molecule has 1 saturated heterocycles. The third-order valence-corrected chi connectivity index (χ3v) is 4.16. The van der Waals surface area contributed by atoms with Gasteiger partial charge in [0.15, 0.2) is 0 Å². The van der Waals surface area contributed by atoms with Crippen LogP contribution >= 0.6 is 0 Å². The molecular weight excluding hydrogens is 252 g/mol. The van der Waals surface area contributed by atoms with Crippen LogP contribution in [0.5, 0.6) is 0 Å². The van der Waals surface area contributed by atoms with E-state index in [-0.39, 0.29) is 5.91 Å². The van der Waals surface area contributed by atoms with Gasteiger partial charge in [-0.2, -0.15) is 5.10 Å². The maximum Gasteiger partial charge on any atom is 0.254 e. The molecule has 0 aliphatic carbocycles. The molecule has 0 radical (unpaired) electrons. The standard InChI is InChI=1S/C15H26N4O/c1-12-6-4-8-19(11-12)9-5-7-16-15(20)14-10-17-18(3)13(14)2/h10,12H,4-9,11H2,1-3H3,(H,16,20). The molecule has 1 unspecified atom stereocenters. The highest BCUT2D eigenvalue weighted by Gasteiger charge is 2.16. The minimum absolute atomic E-state index is 0.0115. The summed E-state index contributed by atoms with van der Waals surface area (Å²) < 4.78 is 1.73. The van der Waals surface area contributed by atoms with E-state index < -0.39 is 0 Å². The number of amides is 1. The third-order valence-electron chi connectivity index (χ3n) is 4.16. The maximum absolute atomic E-state index is 12.0. The van der Waals surface area contributed by atoms with Gasteiger partial charge < -0.3 is 10.2 Å². The Kier molecular flexibility index (Phi) is 5.17. The molecule has 2 rings (SSSR count). The number of nitrogens with zero attached hydrogens (tertiary/aromatic N) is 3. The zero-order valence-electron chi connectivity index (χ0n) is 12.9. The summed E-state index contributed by atoms with van der Waals surface area (Å²) >= 11 is 0. The molecule has 1 atom stereocenters. The van der Waals surface area contributed by atoms with Crippen molar-refractivity contribution >= 4 is 5.91 Å². The van der Waals surface area contributed by atoms with Gasteiger partial charge in [-0.15, -0.1) is 0 Å². The number of nitrogens with one attached hydrogen (secondary N) is 1. The SMILES string of the molecule is Cc1c(C(=O)NCCCN2CCCC(C)C2)cnn1C. The van der Waals surface area contributed by atoms with Crippen LogP contribution < -0.4 is 5.32 Å². The van der Waals surface area contributed by atoms with Crippen molar-refractivity contribution < 1.29 is 4.79 Å². The van der Waals surface area contributed by atoms with Crippen molar-refractivity contribution in [1.29, 1.82) is 0 Å². The number of aromatic nitrogens is 2. The lowest BCUT2D eigenvalue weighted by atomic mass is 10.0. The monoisotopic (exact) mass is 278 g/mol. The van der Waals surface area contributed by atoms with Crippen LogP contribution in [0.2, 0.25) is 0 Å². The average molecular weight is 278 g/mol. The topological polar surface area (TPSA) is 50.2 Å². The van der Waals surface area contributed by atoms with E-state index in [4.69, 9.17) is 0 Å². The molecule has 1 amide bonds. The second-order valence-electron chi connectivity index (χ2n) is 5.92. The van der Waals surface area contributed by atoms with Gasteiger partial charge >= 0.3 is 0 Å². The molecule has 0 bridgehead atoms. The van der Waals surface area contributed by atoms with Gasteiger partial charge in [-0.25, -0.2) is 0 Å². The van der Waals surface area contributed by atoms with Gasteiger partial charge in [-0.3, -0.25) is 9.48 Å². The van der Waals surface area contributed by atoms with Crippen LogP contribution in [-0.4, -0.2) is 46.8 Å².